The van der Waals surface area contributed by atoms with Crippen LogP contribution in [0.2, 0.25) is 10.0 Å². The SMILES string of the molecule is CC(C)CN1C(=O)/C(=C/c2cc(Cl)c(OCc3ccccc3C#N)c(Cl)c2)SC1=S. The number of carbonyl (C=O) groups is 1. The summed E-state index contributed by atoms with van der Waals surface area (Å²) in [7, 11) is 0. The Bertz CT molecular complexity index is 1050. The minimum atomic E-state index is -0.112. The zero-order chi connectivity index (χ0) is 21.8. The van der Waals surface area contributed by atoms with Crippen LogP contribution in [-0.2, 0) is 11.4 Å². The smallest absolute Gasteiger partial charge is 0.266 e. The van der Waals surface area contributed by atoms with Gasteiger partial charge in [0.2, 0.25) is 0 Å². The second-order valence-electron chi connectivity index (χ2n) is 7.06. The average Bonchev–Trinajstić information content (AvgIpc) is 2.94. The number of hydrogen-bond acceptors (Lipinski definition) is 5. The van der Waals surface area contributed by atoms with E-state index in [0.29, 0.717) is 48.6 Å². The Morgan fingerprint density at radius 1 is 1.27 bits per heavy atom. The molecule has 1 aliphatic heterocycles. The molecule has 1 amide bonds. The lowest BCUT2D eigenvalue weighted by Gasteiger charge is -2.16. The number of halogens is 2. The Morgan fingerprint density at radius 2 is 1.93 bits per heavy atom. The van der Waals surface area contributed by atoms with E-state index in [4.69, 9.17) is 40.2 Å². The first-order valence-electron chi connectivity index (χ1n) is 9.15. The Hall–Kier alpha value is -2.04. The zero-order valence-corrected chi connectivity index (χ0v) is 19.5. The van der Waals surface area contributed by atoms with Crippen LogP contribution in [0.15, 0.2) is 41.3 Å². The van der Waals surface area contributed by atoms with Crippen molar-refractivity contribution in [2.45, 2.75) is 20.5 Å². The third-order valence-corrected chi connectivity index (χ3v) is 6.19. The number of hydrogen-bond donors (Lipinski definition) is 0. The van der Waals surface area contributed by atoms with Gasteiger partial charge in [0.25, 0.3) is 5.91 Å². The number of amides is 1. The Kier molecular flexibility index (Phi) is 7.43. The van der Waals surface area contributed by atoms with Crippen LogP contribution in [0.3, 0.4) is 0 Å². The third-order valence-electron chi connectivity index (χ3n) is 4.25. The van der Waals surface area contributed by atoms with Gasteiger partial charge in [0.1, 0.15) is 10.9 Å². The summed E-state index contributed by atoms with van der Waals surface area (Å²) in [5.41, 5.74) is 1.95. The number of carbonyl (C=O) groups excluding carboxylic acids is 1. The molecule has 0 N–H and O–H groups in total. The lowest BCUT2D eigenvalue weighted by molar-refractivity contribution is -0.122. The van der Waals surface area contributed by atoms with Crippen molar-refractivity contribution in [3.8, 4) is 11.8 Å². The number of thioether (sulfide) groups is 1. The van der Waals surface area contributed by atoms with Crippen molar-refractivity contribution in [1.29, 1.82) is 5.26 Å². The maximum atomic E-state index is 12.6. The summed E-state index contributed by atoms with van der Waals surface area (Å²) < 4.78 is 6.33. The molecule has 0 atom stereocenters. The van der Waals surface area contributed by atoms with Crippen molar-refractivity contribution in [3.05, 3.63) is 68.0 Å². The minimum Gasteiger partial charge on any atom is -0.486 e. The number of nitriles is 1. The standard InChI is InChI=1S/C22H18Cl2N2O2S2/c1-13(2)11-26-21(27)19(30-22(26)29)9-14-7-17(23)20(18(24)8-14)28-12-16-6-4-3-5-15(16)10-25/h3-9,13H,11-12H2,1-2H3/b19-9-. The number of rotatable bonds is 6. The highest BCUT2D eigenvalue weighted by Gasteiger charge is 2.32. The molecule has 154 valence electrons. The molecule has 0 bridgehead atoms. The molecule has 0 saturated carbocycles. The molecule has 1 heterocycles. The van der Waals surface area contributed by atoms with Crippen LogP contribution in [0.25, 0.3) is 6.08 Å². The highest BCUT2D eigenvalue weighted by atomic mass is 35.5. The van der Waals surface area contributed by atoms with Crippen LogP contribution in [0.1, 0.15) is 30.5 Å². The van der Waals surface area contributed by atoms with E-state index in [1.165, 1.54) is 11.8 Å². The van der Waals surface area contributed by atoms with E-state index < -0.39 is 0 Å². The molecule has 0 spiro atoms. The Balaban J connectivity index is 1.80. The number of benzene rings is 2. The van der Waals surface area contributed by atoms with E-state index in [1.54, 1.807) is 35.2 Å². The van der Waals surface area contributed by atoms with E-state index in [1.807, 2.05) is 26.0 Å². The van der Waals surface area contributed by atoms with Crippen LogP contribution in [0.5, 0.6) is 5.75 Å². The van der Waals surface area contributed by atoms with Crippen molar-refractivity contribution in [3.63, 3.8) is 0 Å². The fraction of sp³-hybridized carbons (Fsp3) is 0.227. The first-order chi connectivity index (χ1) is 14.3. The molecule has 8 heteroatoms. The van der Waals surface area contributed by atoms with Crippen LogP contribution in [0, 0.1) is 17.2 Å². The minimum absolute atomic E-state index is 0.112. The number of thiocarbonyl (C=S) groups is 1. The molecule has 0 aromatic heterocycles. The summed E-state index contributed by atoms with van der Waals surface area (Å²) in [4.78, 5) is 14.8. The molecule has 1 saturated heterocycles. The average molecular weight is 477 g/mol. The molecule has 0 unspecified atom stereocenters. The van der Waals surface area contributed by atoms with Crippen LogP contribution >= 0.6 is 47.2 Å². The van der Waals surface area contributed by atoms with E-state index in [-0.39, 0.29) is 12.5 Å². The molecule has 3 rings (SSSR count). The van der Waals surface area contributed by atoms with Gasteiger partial charge in [-0.3, -0.25) is 9.69 Å². The highest BCUT2D eigenvalue weighted by molar-refractivity contribution is 8.26. The second kappa shape index (κ2) is 9.84. The van der Waals surface area contributed by atoms with Gasteiger partial charge in [-0.25, -0.2) is 0 Å². The molecule has 1 fully saturated rings. The van der Waals surface area contributed by atoms with Crippen molar-refractivity contribution in [2.24, 2.45) is 5.92 Å². The topological polar surface area (TPSA) is 53.3 Å². The molecule has 2 aromatic carbocycles. The summed E-state index contributed by atoms with van der Waals surface area (Å²) in [5, 5.41) is 9.84. The number of ether oxygens (including phenoxy) is 1. The first kappa shape index (κ1) is 22.6. The molecule has 0 aliphatic carbocycles. The monoisotopic (exact) mass is 476 g/mol. The lowest BCUT2D eigenvalue weighted by atomic mass is 10.1. The predicted octanol–water partition coefficient (Wildman–Crippen LogP) is 6.30. The van der Waals surface area contributed by atoms with Gasteiger partial charge in [-0.05, 0) is 35.8 Å². The van der Waals surface area contributed by atoms with Crippen molar-refractivity contribution >= 4 is 63.5 Å². The summed E-state index contributed by atoms with van der Waals surface area (Å²) in [6.45, 7) is 4.82. The van der Waals surface area contributed by atoms with Crippen LogP contribution < -0.4 is 4.74 Å². The lowest BCUT2D eigenvalue weighted by Crippen LogP contribution is -2.31. The second-order valence-corrected chi connectivity index (χ2v) is 9.55. The van der Waals surface area contributed by atoms with Gasteiger partial charge in [-0.1, -0.05) is 79.2 Å². The maximum absolute atomic E-state index is 12.6. The summed E-state index contributed by atoms with van der Waals surface area (Å²) >= 11 is 19.4. The first-order valence-corrected chi connectivity index (χ1v) is 11.1. The maximum Gasteiger partial charge on any atom is 0.266 e. The Morgan fingerprint density at radius 3 is 2.57 bits per heavy atom. The fourth-order valence-electron chi connectivity index (χ4n) is 2.88. The summed E-state index contributed by atoms with van der Waals surface area (Å²) in [6, 6.07) is 12.7. The normalized spacial score (nSPS) is 15.2. The summed E-state index contributed by atoms with van der Waals surface area (Å²) in [5.74, 6) is 0.535. The Labute approximate surface area is 195 Å². The zero-order valence-electron chi connectivity index (χ0n) is 16.3. The quantitative estimate of drug-likeness (QED) is 0.361. The van der Waals surface area contributed by atoms with Gasteiger partial charge in [0.15, 0.2) is 5.75 Å². The molecule has 2 aromatic rings. The van der Waals surface area contributed by atoms with Crippen LogP contribution in [-0.4, -0.2) is 21.7 Å². The van der Waals surface area contributed by atoms with Gasteiger partial charge in [0, 0.05) is 12.1 Å². The third kappa shape index (κ3) is 5.16. The van der Waals surface area contributed by atoms with Crippen molar-refractivity contribution in [1.82, 2.24) is 4.90 Å². The molecular weight excluding hydrogens is 459 g/mol. The van der Waals surface area contributed by atoms with Gasteiger partial charge in [0.05, 0.1) is 26.6 Å². The van der Waals surface area contributed by atoms with E-state index in [9.17, 15) is 10.1 Å². The van der Waals surface area contributed by atoms with Crippen LogP contribution in [0.4, 0.5) is 0 Å². The highest BCUT2D eigenvalue weighted by Crippen LogP contribution is 2.38. The largest absolute Gasteiger partial charge is 0.486 e. The van der Waals surface area contributed by atoms with E-state index in [2.05, 4.69) is 6.07 Å². The van der Waals surface area contributed by atoms with Crippen molar-refractivity contribution < 1.29 is 9.53 Å². The molecular formula is C22H18Cl2N2O2S2. The summed E-state index contributed by atoms with van der Waals surface area (Å²) in [6.07, 6.45) is 1.73. The predicted molar refractivity (Wildman–Crippen MR) is 127 cm³/mol. The molecule has 0 radical (unpaired) electrons. The van der Waals surface area contributed by atoms with Gasteiger partial charge < -0.3 is 4.74 Å². The van der Waals surface area contributed by atoms with Gasteiger partial charge in [-0.2, -0.15) is 5.26 Å². The number of nitrogens with zero attached hydrogens (tertiary/aromatic N) is 2. The molecule has 1 aliphatic rings. The molecule has 30 heavy (non-hydrogen) atoms. The van der Waals surface area contributed by atoms with Gasteiger partial charge in [-0.15, -0.1) is 0 Å². The van der Waals surface area contributed by atoms with Crippen molar-refractivity contribution in [2.75, 3.05) is 6.54 Å². The molecule has 4 nitrogen and oxygen atoms in total. The van der Waals surface area contributed by atoms with Gasteiger partial charge >= 0.3 is 0 Å². The van der Waals surface area contributed by atoms with E-state index in [0.717, 1.165) is 5.56 Å². The fourth-order valence-corrected chi connectivity index (χ4v) is 4.77. The van der Waals surface area contributed by atoms with E-state index >= 15 is 0 Å².